The summed E-state index contributed by atoms with van der Waals surface area (Å²) in [6.07, 6.45) is 5.33. The maximum atomic E-state index is 12.2. The quantitative estimate of drug-likeness (QED) is 0.690. The smallest absolute Gasteiger partial charge is 0.272 e. The summed E-state index contributed by atoms with van der Waals surface area (Å²) in [4.78, 5) is 12.2. The zero-order valence-electron chi connectivity index (χ0n) is 14.6. The number of aromatic nitrogens is 4. The average Bonchev–Trinajstić information content (AvgIpc) is 3.29. The molecule has 8 heteroatoms. The molecule has 0 spiro atoms. The van der Waals surface area contributed by atoms with Gasteiger partial charge in [-0.05, 0) is 37.6 Å². The van der Waals surface area contributed by atoms with E-state index in [1.807, 2.05) is 36.9 Å². The Labute approximate surface area is 156 Å². The second kappa shape index (κ2) is 8.05. The Hall–Kier alpha value is -2.80. The maximum absolute atomic E-state index is 12.2. The Morgan fingerprint density at radius 3 is 2.92 bits per heavy atom. The van der Waals surface area contributed by atoms with Crippen LogP contribution in [0.25, 0.3) is 0 Å². The molecule has 3 aromatic rings. The van der Waals surface area contributed by atoms with Crippen LogP contribution in [0.2, 0.25) is 5.02 Å². The molecule has 0 saturated carbocycles. The Morgan fingerprint density at radius 1 is 1.31 bits per heavy atom. The largest absolute Gasteiger partial charge is 0.470 e. The normalized spacial score (nSPS) is 10.7. The zero-order valence-corrected chi connectivity index (χ0v) is 15.4. The van der Waals surface area contributed by atoms with E-state index in [0.717, 1.165) is 17.7 Å². The highest BCUT2D eigenvalue weighted by Crippen LogP contribution is 2.25. The van der Waals surface area contributed by atoms with E-state index in [-0.39, 0.29) is 12.6 Å². The number of carbonyl (C=O) groups excluding carboxylic acids is 1. The molecule has 26 heavy (non-hydrogen) atoms. The van der Waals surface area contributed by atoms with Crippen LogP contribution in [0, 0.1) is 6.92 Å². The molecule has 0 unspecified atom stereocenters. The second-order valence-corrected chi connectivity index (χ2v) is 6.24. The van der Waals surface area contributed by atoms with Gasteiger partial charge in [-0.15, -0.1) is 0 Å². The fraction of sp³-hybridized carbons (Fsp3) is 0.278. The number of halogens is 1. The van der Waals surface area contributed by atoms with Crippen LogP contribution in [0.15, 0.2) is 42.9 Å². The highest BCUT2D eigenvalue weighted by atomic mass is 35.5. The van der Waals surface area contributed by atoms with Gasteiger partial charge >= 0.3 is 0 Å². The Morgan fingerprint density at radius 2 is 2.15 bits per heavy atom. The molecule has 0 atom stereocenters. The summed E-state index contributed by atoms with van der Waals surface area (Å²) in [5, 5.41) is 11.8. The van der Waals surface area contributed by atoms with E-state index in [9.17, 15) is 4.79 Å². The van der Waals surface area contributed by atoms with E-state index >= 15 is 0 Å². The molecule has 0 aliphatic heterocycles. The van der Waals surface area contributed by atoms with Crippen LogP contribution in [0.3, 0.4) is 0 Å². The first kappa shape index (κ1) is 18.0. The predicted molar refractivity (Wildman–Crippen MR) is 98.1 cm³/mol. The van der Waals surface area contributed by atoms with E-state index in [0.29, 0.717) is 23.0 Å². The molecule has 0 radical (unpaired) electrons. The molecule has 3 rings (SSSR count). The average molecular weight is 374 g/mol. The minimum atomic E-state index is -0.249. The van der Waals surface area contributed by atoms with Crippen LogP contribution < -0.4 is 10.1 Å². The number of ether oxygens (including phenoxy) is 1. The molecule has 1 amide bonds. The molecule has 0 aliphatic carbocycles. The van der Waals surface area contributed by atoms with Crippen molar-refractivity contribution in [2.24, 2.45) is 0 Å². The number of hydrogen-bond donors (Lipinski definition) is 1. The van der Waals surface area contributed by atoms with E-state index in [2.05, 4.69) is 15.5 Å². The van der Waals surface area contributed by atoms with Gasteiger partial charge in [0.1, 0.15) is 11.4 Å². The highest BCUT2D eigenvalue weighted by Gasteiger charge is 2.10. The SMILES string of the molecule is CCn1cc(CNC(=O)c2ccn(COc3cc(C)ccc3Cl)n2)cn1. The second-order valence-electron chi connectivity index (χ2n) is 5.83. The van der Waals surface area contributed by atoms with Gasteiger partial charge in [-0.3, -0.25) is 9.48 Å². The third-order valence-corrected chi connectivity index (χ3v) is 4.09. The van der Waals surface area contributed by atoms with Gasteiger partial charge in [0.25, 0.3) is 5.91 Å². The molecule has 7 nitrogen and oxygen atoms in total. The van der Waals surface area contributed by atoms with Crippen molar-refractivity contribution in [3.8, 4) is 5.75 Å². The summed E-state index contributed by atoms with van der Waals surface area (Å²) in [5.74, 6) is 0.336. The topological polar surface area (TPSA) is 74.0 Å². The van der Waals surface area contributed by atoms with Crippen molar-refractivity contribution < 1.29 is 9.53 Å². The van der Waals surface area contributed by atoms with Gasteiger partial charge in [0, 0.05) is 31.0 Å². The van der Waals surface area contributed by atoms with Crippen molar-refractivity contribution in [1.82, 2.24) is 24.9 Å². The molecule has 0 saturated heterocycles. The van der Waals surface area contributed by atoms with Crippen molar-refractivity contribution in [2.75, 3.05) is 0 Å². The van der Waals surface area contributed by atoms with Crippen LogP contribution in [-0.4, -0.2) is 25.5 Å². The Bertz CT molecular complexity index is 903. The number of nitrogens with one attached hydrogen (secondary N) is 1. The fourth-order valence-corrected chi connectivity index (χ4v) is 2.53. The summed E-state index contributed by atoms with van der Waals surface area (Å²) in [6.45, 7) is 5.34. The lowest BCUT2D eigenvalue weighted by Gasteiger charge is -2.08. The first-order valence-corrected chi connectivity index (χ1v) is 8.65. The first-order valence-electron chi connectivity index (χ1n) is 8.27. The van der Waals surface area contributed by atoms with Crippen LogP contribution >= 0.6 is 11.6 Å². The molecule has 2 heterocycles. The van der Waals surface area contributed by atoms with Gasteiger partial charge in [-0.2, -0.15) is 10.2 Å². The molecular weight excluding hydrogens is 354 g/mol. The van der Waals surface area contributed by atoms with E-state index < -0.39 is 0 Å². The summed E-state index contributed by atoms with van der Waals surface area (Å²) >= 11 is 6.10. The molecular formula is C18H20ClN5O2. The number of nitrogens with zero attached hydrogens (tertiary/aromatic N) is 4. The molecule has 1 aromatic carbocycles. The molecule has 2 aromatic heterocycles. The Kier molecular flexibility index (Phi) is 5.58. The predicted octanol–water partition coefficient (Wildman–Crippen LogP) is 3.03. The van der Waals surface area contributed by atoms with Gasteiger partial charge in [-0.25, -0.2) is 4.68 Å². The molecule has 0 aliphatic rings. The standard InChI is InChI=1S/C18H20ClN5O2/c1-3-23-11-14(10-21-23)9-20-18(25)16-6-7-24(22-16)12-26-17-8-13(2)4-5-15(17)19/h4-8,10-11H,3,9,12H2,1-2H3,(H,20,25). The number of hydrogen-bond acceptors (Lipinski definition) is 4. The van der Waals surface area contributed by atoms with Crippen molar-refractivity contribution in [1.29, 1.82) is 0 Å². The third kappa shape index (κ3) is 4.43. The van der Waals surface area contributed by atoms with Crippen LogP contribution in [0.4, 0.5) is 0 Å². The van der Waals surface area contributed by atoms with Crippen molar-refractivity contribution in [3.63, 3.8) is 0 Å². The summed E-state index contributed by atoms with van der Waals surface area (Å²) in [6, 6.07) is 7.20. The maximum Gasteiger partial charge on any atom is 0.272 e. The number of amides is 1. The molecule has 0 fully saturated rings. The van der Waals surface area contributed by atoms with Gasteiger partial charge < -0.3 is 10.1 Å². The molecule has 1 N–H and O–H groups in total. The van der Waals surface area contributed by atoms with Gasteiger partial charge in [-0.1, -0.05) is 17.7 Å². The third-order valence-electron chi connectivity index (χ3n) is 3.78. The lowest BCUT2D eigenvalue weighted by atomic mass is 10.2. The number of benzene rings is 1. The fourth-order valence-electron chi connectivity index (χ4n) is 2.36. The van der Waals surface area contributed by atoms with E-state index in [1.54, 1.807) is 29.2 Å². The van der Waals surface area contributed by atoms with E-state index in [4.69, 9.17) is 16.3 Å². The van der Waals surface area contributed by atoms with Crippen molar-refractivity contribution >= 4 is 17.5 Å². The van der Waals surface area contributed by atoms with Crippen LogP contribution in [-0.2, 0) is 19.8 Å². The minimum Gasteiger partial charge on any atom is -0.470 e. The summed E-state index contributed by atoms with van der Waals surface area (Å²) < 4.78 is 9.02. The Balaban J connectivity index is 1.55. The summed E-state index contributed by atoms with van der Waals surface area (Å²) in [7, 11) is 0. The number of aryl methyl sites for hydroxylation is 2. The number of rotatable bonds is 7. The van der Waals surface area contributed by atoms with Gasteiger partial charge in [0.05, 0.1) is 11.2 Å². The molecule has 0 bridgehead atoms. The van der Waals surface area contributed by atoms with Crippen LogP contribution in [0.1, 0.15) is 28.5 Å². The van der Waals surface area contributed by atoms with E-state index in [1.165, 1.54) is 0 Å². The zero-order chi connectivity index (χ0) is 18.5. The summed E-state index contributed by atoms with van der Waals surface area (Å²) in [5.41, 5.74) is 2.32. The van der Waals surface area contributed by atoms with Crippen molar-refractivity contribution in [3.05, 3.63) is 64.7 Å². The monoisotopic (exact) mass is 373 g/mol. The lowest BCUT2D eigenvalue weighted by Crippen LogP contribution is -2.23. The van der Waals surface area contributed by atoms with Gasteiger partial charge in [0.2, 0.25) is 0 Å². The van der Waals surface area contributed by atoms with Gasteiger partial charge in [0.15, 0.2) is 6.73 Å². The highest BCUT2D eigenvalue weighted by molar-refractivity contribution is 6.32. The van der Waals surface area contributed by atoms with Crippen LogP contribution in [0.5, 0.6) is 5.75 Å². The number of carbonyl (C=O) groups is 1. The first-order chi connectivity index (χ1) is 12.5. The van der Waals surface area contributed by atoms with Crippen molar-refractivity contribution in [2.45, 2.75) is 33.7 Å². The molecule has 136 valence electrons. The minimum absolute atomic E-state index is 0.166. The lowest BCUT2D eigenvalue weighted by molar-refractivity contribution is 0.0944.